The molecule has 2 rings (SSSR count). The van der Waals surface area contributed by atoms with Crippen LogP contribution in [0.2, 0.25) is 0 Å². The highest BCUT2D eigenvalue weighted by Gasteiger charge is 2.16. The van der Waals surface area contributed by atoms with Crippen molar-refractivity contribution in [1.29, 1.82) is 0 Å². The summed E-state index contributed by atoms with van der Waals surface area (Å²) in [6.45, 7) is 7.10. The number of aromatic carboxylic acids is 1. The van der Waals surface area contributed by atoms with Crippen LogP contribution in [0.4, 0.5) is 0 Å². The summed E-state index contributed by atoms with van der Waals surface area (Å²) in [6.07, 6.45) is 6.62. The highest BCUT2D eigenvalue weighted by atomic mass is 16.4. The van der Waals surface area contributed by atoms with Crippen molar-refractivity contribution in [1.82, 2.24) is 25.2 Å². The van der Waals surface area contributed by atoms with E-state index in [0.717, 1.165) is 32.1 Å². The molecule has 1 aliphatic rings. The number of likely N-dealkylation sites (tertiary alicyclic amines) is 1. The van der Waals surface area contributed by atoms with E-state index < -0.39 is 5.97 Å². The van der Waals surface area contributed by atoms with Crippen LogP contribution < -0.4 is 5.32 Å². The highest BCUT2D eigenvalue weighted by molar-refractivity contribution is 5.84. The lowest BCUT2D eigenvalue weighted by Crippen LogP contribution is -2.39. The molecule has 118 valence electrons. The average molecular weight is 295 g/mol. The first kappa shape index (κ1) is 15.9. The van der Waals surface area contributed by atoms with Gasteiger partial charge in [-0.05, 0) is 45.8 Å². The van der Waals surface area contributed by atoms with Gasteiger partial charge >= 0.3 is 5.97 Å². The van der Waals surface area contributed by atoms with Crippen molar-refractivity contribution >= 4 is 5.97 Å². The summed E-state index contributed by atoms with van der Waals surface area (Å²) in [4.78, 5) is 13.2. The Labute approximate surface area is 125 Å². The molecule has 1 aliphatic heterocycles. The summed E-state index contributed by atoms with van der Waals surface area (Å²) in [7, 11) is 0. The minimum atomic E-state index is -1.04. The number of carboxylic acid groups (broad SMARTS) is 1. The van der Waals surface area contributed by atoms with Crippen molar-refractivity contribution in [2.45, 2.75) is 45.2 Å². The Hall–Kier alpha value is -1.47. The number of nitrogens with zero attached hydrogens (tertiary/aromatic N) is 4. The van der Waals surface area contributed by atoms with E-state index in [1.165, 1.54) is 32.0 Å². The number of hydrogen-bond donors (Lipinski definition) is 2. The molecule has 7 nitrogen and oxygen atoms in total. The summed E-state index contributed by atoms with van der Waals surface area (Å²) < 4.78 is 1.56. The summed E-state index contributed by atoms with van der Waals surface area (Å²) >= 11 is 0. The van der Waals surface area contributed by atoms with Crippen molar-refractivity contribution < 1.29 is 9.90 Å². The number of rotatable bonds is 8. The first-order valence-electron chi connectivity index (χ1n) is 7.75. The van der Waals surface area contributed by atoms with Gasteiger partial charge in [-0.15, -0.1) is 5.10 Å². The van der Waals surface area contributed by atoms with Crippen LogP contribution in [0.1, 0.15) is 43.1 Å². The van der Waals surface area contributed by atoms with E-state index in [-0.39, 0.29) is 5.69 Å². The zero-order valence-corrected chi connectivity index (χ0v) is 12.7. The molecular weight excluding hydrogens is 270 g/mol. The largest absolute Gasteiger partial charge is 0.476 e. The molecule has 1 aromatic rings. The number of carbonyl (C=O) groups is 1. The molecule has 0 saturated carbocycles. The third-order valence-corrected chi connectivity index (χ3v) is 4.01. The molecule has 21 heavy (non-hydrogen) atoms. The topological polar surface area (TPSA) is 83.3 Å². The standard InChI is InChI=1S/C14H25N5O2/c1-12-5-2-3-8-18(12)9-4-6-15-7-10-19-11-13(14(20)21)16-17-19/h11-12,15H,2-10H2,1H3,(H,20,21). The highest BCUT2D eigenvalue weighted by Crippen LogP contribution is 2.15. The van der Waals surface area contributed by atoms with Crippen molar-refractivity contribution in [3.05, 3.63) is 11.9 Å². The lowest BCUT2D eigenvalue weighted by Gasteiger charge is -2.33. The quantitative estimate of drug-likeness (QED) is 0.691. The summed E-state index contributed by atoms with van der Waals surface area (Å²) in [5, 5.41) is 19.5. The van der Waals surface area contributed by atoms with Crippen LogP contribution in [0.25, 0.3) is 0 Å². The van der Waals surface area contributed by atoms with Gasteiger partial charge in [0.2, 0.25) is 0 Å². The Morgan fingerprint density at radius 3 is 3.00 bits per heavy atom. The first-order valence-corrected chi connectivity index (χ1v) is 7.75. The Bertz CT molecular complexity index is 448. The maximum absolute atomic E-state index is 10.7. The molecule has 0 spiro atoms. The van der Waals surface area contributed by atoms with E-state index >= 15 is 0 Å². The molecule has 0 radical (unpaired) electrons. The maximum Gasteiger partial charge on any atom is 0.358 e. The monoisotopic (exact) mass is 295 g/mol. The zero-order chi connectivity index (χ0) is 15.1. The fourth-order valence-corrected chi connectivity index (χ4v) is 2.72. The molecule has 1 unspecified atom stereocenters. The molecule has 1 fully saturated rings. The third-order valence-electron chi connectivity index (χ3n) is 4.01. The molecule has 2 N–H and O–H groups in total. The summed E-state index contributed by atoms with van der Waals surface area (Å²) in [5.74, 6) is -1.04. The first-order chi connectivity index (χ1) is 10.2. The number of hydrogen-bond acceptors (Lipinski definition) is 5. The molecule has 1 atom stereocenters. The predicted molar refractivity (Wildman–Crippen MR) is 79.4 cm³/mol. The molecule has 0 aliphatic carbocycles. The van der Waals surface area contributed by atoms with Gasteiger partial charge in [-0.2, -0.15) is 0 Å². The molecule has 1 saturated heterocycles. The lowest BCUT2D eigenvalue weighted by molar-refractivity contribution is 0.0690. The fourth-order valence-electron chi connectivity index (χ4n) is 2.72. The van der Waals surface area contributed by atoms with Crippen LogP contribution in [0.5, 0.6) is 0 Å². The number of aromatic nitrogens is 3. The van der Waals surface area contributed by atoms with Gasteiger partial charge in [0, 0.05) is 12.6 Å². The zero-order valence-electron chi connectivity index (χ0n) is 12.7. The van der Waals surface area contributed by atoms with E-state index in [1.807, 2.05) is 0 Å². The summed E-state index contributed by atoms with van der Waals surface area (Å²) in [5.41, 5.74) is -0.00548. The normalized spacial score (nSPS) is 19.8. The maximum atomic E-state index is 10.7. The second-order valence-electron chi connectivity index (χ2n) is 5.66. The van der Waals surface area contributed by atoms with Gasteiger partial charge in [-0.25, -0.2) is 4.79 Å². The molecule has 0 bridgehead atoms. The third kappa shape index (κ3) is 5.09. The Balaban J connectivity index is 1.54. The Morgan fingerprint density at radius 1 is 1.43 bits per heavy atom. The van der Waals surface area contributed by atoms with E-state index in [1.54, 1.807) is 4.68 Å². The van der Waals surface area contributed by atoms with Crippen molar-refractivity contribution in [2.75, 3.05) is 26.2 Å². The van der Waals surface area contributed by atoms with Crippen LogP contribution in [0.3, 0.4) is 0 Å². The lowest BCUT2D eigenvalue weighted by atomic mass is 10.0. The second-order valence-corrected chi connectivity index (χ2v) is 5.66. The van der Waals surface area contributed by atoms with E-state index in [2.05, 4.69) is 27.5 Å². The molecule has 1 aromatic heterocycles. The Kier molecular flexibility index (Phi) is 6.13. The van der Waals surface area contributed by atoms with E-state index in [9.17, 15) is 4.79 Å². The van der Waals surface area contributed by atoms with Gasteiger partial charge < -0.3 is 15.3 Å². The van der Waals surface area contributed by atoms with Crippen molar-refractivity contribution in [2.24, 2.45) is 0 Å². The molecular formula is C14H25N5O2. The minimum Gasteiger partial charge on any atom is -0.476 e. The van der Waals surface area contributed by atoms with Gasteiger partial charge in [0.25, 0.3) is 0 Å². The summed E-state index contributed by atoms with van der Waals surface area (Å²) in [6, 6.07) is 0.725. The van der Waals surface area contributed by atoms with Gasteiger partial charge in [0.1, 0.15) is 0 Å². The number of carboxylic acids is 1. The van der Waals surface area contributed by atoms with Crippen LogP contribution >= 0.6 is 0 Å². The minimum absolute atomic E-state index is 0.00548. The second kappa shape index (κ2) is 8.09. The smallest absolute Gasteiger partial charge is 0.358 e. The SMILES string of the molecule is CC1CCCCN1CCCNCCn1cc(C(=O)O)nn1. The predicted octanol–water partition coefficient (Wildman–Crippen LogP) is 0.830. The fraction of sp³-hybridized carbons (Fsp3) is 0.786. The van der Waals surface area contributed by atoms with E-state index in [0.29, 0.717) is 6.54 Å². The van der Waals surface area contributed by atoms with Gasteiger partial charge in [0.05, 0.1) is 12.7 Å². The van der Waals surface area contributed by atoms with E-state index in [4.69, 9.17) is 5.11 Å². The van der Waals surface area contributed by atoms with Crippen molar-refractivity contribution in [3.8, 4) is 0 Å². The van der Waals surface area contributed by atoms with Crippen LogP contribution in [-0.2, 0) is 6.54 Å². The molecule has 0 amide bonds. The number of piperidine rings is 1. The average Bonchev–Trinajstić information content (AvgIpc) is 2.93. The Morgan fingerprint density at radius 2 is 2.29 bits per heavy atom. The van der Waals surface area contributed by atoms with Gasteiger partial charge in [-0.3, -0.25) is 4.68 Å². The molecule has 2 heterocycles. The van der Waals surface area contributed by atoms with Crippen LogP contribution in [0, 0.1) is 0 Å². The molecule has 0 aromatic carbocycles. The van der Waals surface area contributed by atoms with Gasteiger partial charge in [-0.1, -0.05) is 11.6 Å². The van der Waals surface area contributed by atoms with Crippen molar-refractivity contribution in [3.63, 3.8) is 0 Å². The van der Waals surface area contributed by atoms with Gasteiger partial charge in [0.15, 0.2) is 5.69 Å². The number of nitrogens with one attached hydrogen (secondary N) is 1. The van der Waals surface area contributed by atoms with Crippen LogP contribution in [0.15, 0.2) is 6.20 Å². The van der Waals surface area contributed by atoms with Crippen LogP contribution in [-0.4, -0.2) is 63.2 Å². The molecule has 7 heteroatoms.